The van der Waals surface area contributed by atoms with E-state index in [1.165, 1.54) is 5.56 Å². The Morgan fingerprint density at radius 3 is 2.43 bits per heavy atom. The summed E-state index contributed by atoms with van der Waals surface area (Å²) < 4.78 is 11.1. The zero-order valence-corrected chi connectivity index (χ0v) is 12.0. The molecule has 0 saturated carbocycles. The van der Waals surface area contributed by atoms with Gasteiger partial charge in [-0.25, -0.2) is 0 Å². The SMILES string of the molecule is CCc1ccc(Oc2ccc(/C(N)=N/O)cc2)c(OC)c1. The van der Waals surface area contributed by atoms with Crippen molar-refractivity contribution in [1.82, 2.24) is 0 Å². The van der Waals surface area contributed by atoms with Gasteiger partial charge in [0, 0.05) is 5.56 Å². The van der Waals surface area contributed by atoms with Gasteiger partial charge in [-0.05, 0) is 48.4 Å². The molecule has 2 rings (SSSR count). The minimum atomic E-state index is 0.0615. The van der Waals surface area contributed by atoms with Gasteiger partial charge in [-0.3, -0.25) is 0 Å². The lowest BCUT2D eigenvalue weighted by Gasteiger charge is -2.11. The van der Waals surface area contributed by atoms with Gasteiger partial charge in [0.25, 0.3) is 0 Å². The molecular weight excluding hydrogens is 268 g/mol. The molecule has 0 aromatic heterocycles. The molecule has 0 bridgehead atoms. The fourth-order valence-electron chi connectivity index (χ4n) is 1.89. The minimum Gasteiger partial charge on any atom is -0.493 e. The van der Waals surface area contributed by atoms with E-state index < -0.39 is 0 Å². The summed E-state index contributed by atoms with van der Waals surface area (Å²) in [6.07, 6.45) is 0.936. The van der Waals surface area contributed by atoms with Gasteiger partial charge in [0.2, 0.25) is 0 Å². The highest BCUT2D eigenvalue weighted by Gasteiger charge is 2.07. The molecule has 2 aromatic carbocycles. The van der Waals surface area contributed by atoms with Gasteiger partial charge in [0.1, 0.15) is 5.75 Å². The van der Waals surface area contributed by atoms with Crippen molar-refractivity contribution in [1.29, 1.82) is 0 Å². The number of oxime groups is 1. The number of benzene rings is 2. The summed E-state index contributed by atoms with van der Waals surface area (Å²) in [5.41, 5.74) is 7.32. The van der Waals surface area contributed by atoms with Crippen LogP contribution in [0.25, 0.3) is 0 Å². The van der Waals surface area contributed by atoms with Gasteiger partial charge in [-0.1, -0.05) is 18.1 Å². The topological polar surface area (TPSA) is 77.1 Å². The highest BCUT2D eigenvalue weighted by Crippen LogP contribution is 2.32. The van der Waals surface area contributed by atoms with E-state index in [-0.39, 0.29) is 5.84 Å². The molecule has 2 aromatic rings. The van der Waals surface area contributed by atoms with E-state index in [0.717, 1.165) is 6.42 Å². The summed E-state index contributed by atoms with van der Waals surface area (Å²) in [4.78, 5) is 0. The smallest absolute Gasteiger partial charge is 0.170 e. The lowest BCUT2D eigenvalue weighted by molar-refractivity contribution is 0.318. The van der Waals surface area contributed by atoms with Crippen LogP contribution in [-0.4, -0.2) is 18.2 Å². The third-order valence-corrected chi connectivity index (χ3v) is 3.12. The maximum Gasteiger partial charge on any atom is 0.170 e. The molecular formula is C16H18N2O3. The number of nitrogens with zero attached hydrogens (tertiary/aromatic N) is 1. The van der Waals surface area contributed by atoms with Gasteiger partial charge in [0.15, 0.2) is 17.3 Å². The minimum absolute atomic E-state index is 0.0615. The Labute approximate surface area is 123 Å². The molecule has 5 nitrogen and oxygen atoms in total. The van der Waals surface area contributed by atoms with Crippen molar-refractivity contribution in [3.8, 4) is 17.2 Å². The van der Waals surface area contributed by atoms with Crippen molar-refractivity contribution in [3.05, 3.63) is 53.6 Å². The third-order valence-electron chi connectivity index (χ3n) is 3.12. The first-order valence-corrected chi connectivity index (χ1v) is 6.60. The third kappa shape index (κ3) is 3.45. The Kier molecular flexibility index (Phi) is 4.66. The second kappa shape index (κ2) is 6.65. The van der Waals surface area contributed by atoms with Crippen LogP contribution in [0.3, 0.4) is 0 Å². The quantitative estimate of drug-likeness (QED) is 0.383. The Bertz CT molecular complexity index is 636. The van der Waals surface area contributed by atoms with E-state index in [0.29, 0.717) is 22.8 Å². The number of methoxy groups -OCH3 is 1. The van der Waals surface area contributed by atoms with Crippen molar-refractivity contribution in [2.24, 2.45) is 10.9 Å². The van der Waals surface area contributed by atoms with E-state index in [4.69, 9.17) is 20.4 Å². The largest absolute Gasteiger partial charge is 0.493 e. The van der Waals surface area contributed by atoms with E-state index in [2.05, 4.69) is 12.1 Å². The molecule has 0 heterocycles. The number of aryl methyl sites for hydroxylation is 1. The standard InChI is InChI=1S/C16H18N2O3/c1-3-11-4-9-14(15(10-11)20-2)21-13-7-5-12(6-8-13)16(17)18-19/h4-10,19H,3H2,1-2H3,(H2,17,18). The zero-order valence-electron chi connectivity index (χ0n) is 12.0. The van der Waals surface area contributed by atoms with E-state index in [1.54, 1.807) is 31.4 Å². The number of hydrogen-bond acceptors (Lipinski definition) is 4. The molecule has 0 spiro atoms. The van der Waals surface area contributed by atoms with E-state index in [1.807, 2.05) is 18.2 Å². The second-order valence-electron chi connectivity index (χ2n) is 4.45. The molecule has 5 heteroatoms. The molecule has 110 valence electrons. The second-order valence-corrected chi connectivity index (χ2v) is 4.45. The van der Waals surface area contributed by atoms with Crippen molar-refractivity contribution < 1.29 is 14.7 Å². The summed E-state index contributed by atoms with van der Waals surface area (Å²) in [7, 11) is 1.61. The van der Waals surface area contributed by atoms with Gasteiger partial charge >= 0.3 is 0 Å². The number of hydrogen-bond donors (Lipinski definition) is 2. The number of ether oxygens (including phenoxy) is 2. The molecule has 21 heavy (non-hydrogen) atoms. The summed E-state index contributed by atoms with van der Waals surface area (Å²) in [5.74, 6) is 2.04. The highest BCUT2D eigenvalue weighted by molar-refractivity contribution is 5.97. The molecule has 0 saturated heterocycles. The summed E-state index contributed by atoms with van der Waals surface area (Å²) in [5, 5.41) is 11.6. The van der Waals surface area contributed by atoms with Crippen molar-refractivity contribution in [3.63, 3.8) is 0 Å². The average molecular weight is 286 g/mol. The Balaban J connectivity index is 2.22. The fourth-order valence-corrected chi connectivity index (χ4v) is 1.89. The molecule has 0 atom stereocenters. The molecule has 0 aliphatic heterocycles. The number of rotatable bonds is 5. The monoisotopic (exact) mass is 286 g/mol. The Morgan fingerprint density at radius 1 is 1.14 bits per heavy atom. The lowest BCUT2D eigenvalue weighted by atomic mass is 10.1. The predicted molar refractivity (Wildman–Crippen MR) is 81.4 cm³/mol. The normalized spacial score (nSPS) is 11.2. The molecule has 3 N–H and O–H groups in total. The van der Waals surface area contributed by atoms with Crippen LogP contribution in [0.1, 0.15) is 18.1 Å². The van der Waals surface area contributed by atoms with Crippen molar-refractivity contribution in [2.45, 2.75) is 13.3 Å². The fraction of sp³-hybridized carbons (Fsp3) is 0.188. The molecule has 0 radical (unpaired) electrons. The molecule has 0 fully saturated rings. The van der Waals surface area contributed by atoms with E-state index in [9.17, 15) is 0 Å². The maximum atomic E-state index is 8.63. The zero-order chi connectivity index (χ0) is 15.2. The van der Waals surface area contributed by atoms with Crippen molar-refractivity contribution in [2.75, 3.05) is 7.11 Å². The Morgan fingerprint density at radius 2 is 1.86 bits per heavy atom. The van der Waals surface area contributed by atoms with Gasteiger partial charge in [-0.2, -0.15) is 0 Å². The number of amidine groups is 1. The van der Waals surface area contributed by atoms with Crippen LogP contribution in [0.15, 0.2) is 47.6 Å². The molecule has 0 aliphatic rings. The summed E-state index contributed by atoms with van der Waals surface area (Å²) >= 11 is 0. The van der Waals surface area contributed by atoms with Crippen LogP contribution in [0.4, 0.5) is 0 Å². The highest BCUT2D eigenvalue weighted by atomic mass is 16.5. The van der Waals surface area contributed by atoms with Crippen LogP contribution in [0.2, 0.25) is 0 Å². The van der Waals surface area contributed by atoms with Gasteiger partial charge < -0.3 is 20.4 Å². The van der Waals surface area contributed by atoms with Gasteiger partial charge in [0.05, 0.1) is 7.11 Å². The van der Waals surface area contributed by atoms with Crippen LogP contribution < -0.4 is 15.2 Å². The van der Waals surface area contributed by atoms with Gasteiger partial charge in [-0.15, -0.1) is 0 Å². The first-order chi connectivity index (χ1) is 10.2. The Hall–Kier alpha value is -2.69. The van der Waals surface area contributed by atoms with Crippen molar-refractivity contribution >= 4 is 5.84 Å². The maximum absolute atomic E-state index is 8.63. The molecule has 0 amide bonds. The van der Waals surface area contributed by atoms with Crippen LogP contribution >= 0.6 is 0 Å². The van der Waals surface area contributed by atoms with Crippen LogP contribution in [0.5, 0.6) is 17.2 Å². The summed E-state index contributed by atoms with van der Waals surface area (Å²) in [6, 6.07) is 12.8. The molecule has 0 aliphatic carbocycles. The lowest BCUT2D eigenvalue weighted by Crippen LogP contribution is -2.12. The van der Waals surface area contributed by atoms with Crippen LogP contribution in [0, 0.1) is 0 Å². The average Bonchev–Trinajstić information content (AvgIpc) is 2.55. The van der Waals surface area contributed by atoms with Crippen LogP contribution in [-0.2, 0) is 6.42 Å². The number of nitrogens with two attached hydrogens (primary N) is 1. The predicted octanol–water partition coefficient (Wildman–Crippen LogP) is 3.14. The first-order valence-electron chi connectivity index (χ1n) is 6.60. The molecule has 0 unspecified atom stereocenters. The van der Waals surface area contributed by atoms with E-state index >= 15 is 0 Å². The summed E-state index contributed by atoms with van der Waals surface area (Å²) in [6.45, 7) is 2.08. The first kappa shape index (κ1) is 14.7.